The van der Waals surface area contributed by atoms with Crippen LogP contribution in [-0.2, 0) is 16.0 Å². The topological polar surface area (TPSA) is 53.0 Å². The lowest BCUT2D eigenvalue weighted by Gasteiger charge is -2.37. The second-order valence-electron chi connectivity index (χ2n) is 7.29. The number of rotatable bonds is 5. The molecule has 1 amide bonds. The Balaban J connectivity index is 1.56. The predicted molar refractivity (Wildman–Crippen MR) is 95.1 cm³/mol. The number of carbonyl (C=O) groups is 1. The number of morpholine rings is 1. The summed E-state index contributed by atoms with van der Waals surface area (Å²) in [6, 6.07) is 2.01. The third kappa shape index (κ3) is 4.36. The summed E-state index contributed by atoms with van der Waals surface area (Å²) in [7, 11) is 0. The Morgan fingerprint density at radius 3 is 2.58 bits per heavy atom. The summed E-state index contributed by atoms with van der Waals surface area (Å²) >= 11 is 1.62. The zero-order chi connectivity index (χ0) is 17.1. The second-order valence-corrected chi connectivity index (χ2v) is 8.07. The van der Waals surface area contributed by atoms with Gasteiger partial charge >= 0.3 is 0 Å². The zero-order valence-corrected chi connectivity index (χ0v) is 15.4. The van der Waals surface area contributed by atoms with Gasteiger partial charge in [0.05, 0.1) is 18.6 Å². The van der Waals surface area contributed by atoms with Gasteiger partial charge in [-0.25, -0.2) is 0 Å². The first-order valence-electron chi connectivity index (χ1n) is 8.82. The third-order valence-corrected chi connectivity index (χ3v) is 5.82. The van der Waals surface area contributed by atoms with Crippen molar-refractivity contribution in [1.82, 2.24) is 9.80 Å². The number of hydrogen-bond donors (Lipinski definition) is 1. The van der Waals surface area contributed by atoms with E-state index in [0.717, 1.165) is 31.7 Å². The number of ether oxygens (including phenoxy) is 1. The molecular formula is C18H28N2O3S. The quantitative estimate of drug-likeness (QED) is 0.872. The molecule has 3 heterocycles. The molecule has 1 aromatic heterocycles. The van der Waals surface area contributed by atoms with E-state index < -0.39 is 0 Å². The molecule has 1 N–H and O–H groups in total. The smallest absolute Gasteiger partial charge is 0.227 e. The molecule has 5 nitrogen and oxygen atoms in total. The summed E-state index contributed by atoms with van der Waals surface area (Å²) in [5, 5.41) is 13.8. The van der Waals surface area contributed by atoms with Gasteiger partial charge in [-0.3, -0.25) is 9.69 Å². The van der Waals surface area contributed by atoms with Crippen molar-refractivity contribution in [2.24, 2.45) is 11.8 Å². The number of likely N-dealkylation sites (tertiary alicyclic amines) is 1. The molecule has 2 aliphatic rings. The van der Waals surface area contributed by atoms with E-state index in [-0.39, 0.29) is 30.6 Å². The first kappa shape index (κ1) is 17.9. The lowest BCUT2D eigenvalue weighted by molar-refractivity contribution is -0.129. The fourth-order valence-corrected chi connectivity index (χ4v) is 4.67. The van der Waals surface area contributed by atoms with E-state index in [1.807, 2.05) is 21.7 Å². The molecule has 4 atom stereocenters. The second kappa shape index (κ2) is 7.95. The highest BCUT2D eigenvalue weighted by atomic mass is 32.1. The first-order chi connectivity index (χ1) is 11.5. The van der Waals surface area contributed by atoms with E-state index >= 15 is 0 Å². The first-order valence-corrected chi connectivity index (χ1v) is 9.77. The summed E-state index contributed by atoms with van der Waals surface area (Å²) < 4.78 is 5.80. The van der Waals surface area contributed by atoms with Gasteiger partial charge in [0, 0.05) is 45.2 Å². The van der Waals surface area contributed by atoms with Crippen molar-refractivity contribution >= 4 is 17.2 Å². The fourth-order valence-electron chi connectivity index (χ4n) is 4.00. The SMILES string of the molecule is C[C@@H]1CN(C[C@H]2CN(C(=O)Cc3ccsc3)C[C@H]2CO)C[C@H](C)O1. The number of hydrogen-bond acceptors (Lipinski definition) is 5. The van der Waals surface area contributed by atoms with Crippen LogP contribution in [0.25, 0.3) is 0 Å². The molecular weight excluding hydrogens is 324 g/mol. The van der Waals surface area contributed by atoms with Crippen molar-refractivity contribution in [2.45, 2.75) is 32.5 Å². The third-order valence-electron chi connectivity index (χ3n) is 5.09. The van der Waals surface area contributed by atoms with Crippen molar-refractivity contribution in [3.05, 3.63) is 22.4 Å². The lowest BCUT2D eigenvalue weighted by Crippen LogP contribution is -2.48. The highest BCUT2D eigenvalue weighted by Crippen LogP contribution is 2.26. The molecule has 0 spiro atoms. The molecule has 0 aromatic carbocycles. The van der Waals surface area contributed by atoms with E-state index in [9.17, 15) is 9.90 Å². The standard InChI is InChI=1S/C18H28N2O3S/c1-13-6-19(7-14(2)23-13)8-16-9-20(10-17(16)11-21)18(22)5-15-3-4-24-12-15/h3-4,12-14,16-17,21H,5-11H2,1-2H3/t13-,14+,16-,17-/m0/s1. The molecule has 0 bridgehead atoms. The van der Waals surface area contributed by atoms with Crippen molar-refractivity contribution < 1.29 is 14.6 Å². The number of thiophene rings is 1. The maximum absolute atomic E-state index is 12.5. The van der Waals surface area contributed by atoms with Crippen LogP contribution in [0.5, 0.6) is 0 Å². The van der Waals surface area contributed by atoms with E-state index in [0.29, 0.717) is 18.9 Å². The molecule has 6 heteroatoms. The van der Waals surface area contributed by atoms with Gasteiger partial charge < -0.3 is 14.7 Å². The molecule has 2 saturated heterocycles. The minimum absolute atomic E-state index is 0.155. The minimum atomic E-state index is 0.155. The lowest BCUT2D eigenvalue weighted by atomic mass is 9.96. The van der Waals surface area contributed by atoms with Crippen LogP contribution in [0.4, 0.5) is 0 Å². The Bertz CT molecular complexity index is 526. The molecule has 0 aliphatic carbocycles. The number of amides is 1. The molecule has 134 valence electrons. The van der Waals surface area contributed by atoms with Crippen LogP contribution < -0.4 is 0 Å². The van der Waals surface area contributed by atoms with Crippen molar-refractivity contribution in [3.8, 4) is 0 Å². The van der Waals surface area contributed by atoms with Crippen molar-refractivity contribution in [2.75, 3.05) is 39.3 Å². The maximum atomic E-state index is 12.5. The highest BCUT2D eigenvalue weighted by molar-refractivity contribution is 7.07. The molecule has 2 fully saturated rings. The average molecular weight is 353 g/mol. The molecule has 2 aliphatic heterocycles. The van der Waals surface area contributed by atoms with Gasteiger partial charge in [0.1, 0.15) is 0 Å². The van der Waals surface area contributed by atoms with Crippen molar-refractivity contribution in [1.29, 1.82) is 0 Å². The summed E-state index contributed by atoms with van der Waals surface area (Å²) in [6.45, 7) is 8.61. The monoisotopic (exact) mass is 352 g/mol. The number of carbonyl (C=O) groups excluding carboxylic acids is 1. The van der Waals surface area contributed by atoms with Crippen LogP contribution in [0.1, 0.15) is 19.4 Å². The van der Waals surface area contributed by atoms with Crippen LogP contribution in [-0.4, -0.2) is 72.4 Å². The average Bonchev–Trinajstić information content (AvgIpc) is 3.15. The van der Waals surface area contributed by atoms with Crippen LogP contribution in [0, 0.1) is 11.8 Å². The number of aliphatic hydroxyl groups excluding tert-OH is 1. The van der Waals surface area contributed by atoms with Gasteiger partial charge in [0.2, 0.25) is 5.91 Å². The van der Waals surface area contributed by atoms with E-state index in [1.165, 1.54) is 0 Å². The largest absolute Gasteiger partial charge is 0.396 e. The molecule has 0 radical (unpaired) electrons. The molecule has 0 saturated carbocycles. The van der Waals surface area contributed by atoms with Crippen LogP contribution in [0.15, 0.2) is 16.8 Å². The molecule has 1 aromatic rings. The van der Waals surface area contributed by atoms with E-state index in [4.69, 9.17) is 4.74 Å². The summed E-state index contributed by atoms with van der Waals surface area (Å²) in [4.78, 5) is 16.9. The molecule has 3 rings (SSSR count). The maximum Gasteiger partial charge on any atom is 0.227 e. The Morgan fingerprint density at radius 2 is 1.96 bits per heavy atom. The van der Waals surface area contributed by atoms with Crippen LogP contribution >= 0.6 is 11.3 Å². The Morgan fingerprint density at radius 1 is 1.25 bits per heavy atom. The summed E-state index contributed by atoms with van der Waals surface area (Å²) in [5.74, 6) is 0.710. The predicted octanol–water partition coefficient (Wildman–Crippen LogP) is 1.47. The summed E-state index contributed by atoms with van der Waals surface area (Å²) in [6.07, 6.45) is 0.970. The van der Waals surface area contributed by atoms with E-state index in [1.54, 1.807) is 11.3 Å². The normalized spacial score (nSPS) is 31.5. The van der Waals surface area contributed by atoms with Crippen molar-refractivity contribution in [3.63, 3.8) is 0 Å². The highest BCUT2D eigenvalue weighted by Gasteiger charge is 2.36. The van der Waals surface area contributed by atoms with Gasteiger partial charge in [-0.1, -0.05) is 0 Å². The van der Waals surface area contributed by atoms with Crippen LogP contribution in [0.2, 0.25) is 0 Å². The van der Waals surface area contributed by atoms with Gasteiger partial charge in [0.25, 0.3) is 0 Å². The Hall–Kier alpha value is -0.950. The van der Waals surface area contributed by atoms with E-state index in [2.05, 4.69) is 18.7 Å². The van der Waals surface area contributed by atoms with Gasteiger partial charge in [-0.2, -0.15) is 11.3 Å². The number of nitrogens with zero attached hydrogens (tertiary/aromatic N) is 2. The molecule has 24 heavy (non-hydrogen) atoms. The summed E-state index contributed by atoms with van der Waals surface area (Å²) in [5.41, 5.74) is 1.09. The Kier molecular flexibility index (Phi) is 5.92. The zero-order valence-electron chi connectivity index (χ0n) is 14.6. The fraction of sp³-hybridized carbons (Fsp3) is 0.722. The van der Waals surface area contributed by atoms with Gasteiger partial charge in [0.15, 0.2) is 0 Å². The van der Waals surface area contributed by atoms with Gasteiger partial charge in [-0.15, -0.1) is 0 Å². The Labute approximate surface area is 148 Å². The van der Waals surface area contributed by atoms with Gasteiger partial charge in [-0.05, 0) is 42.2 Å². The molecule has 0 unspecified atom stereocenters. The number of aliphatic hydroxyl groups is 1. The minimum Gasteiger partial charge on any atom is -0.396 e. The van der Waals surface area contributed by atoms with Crippen LogP contribution in [0.3, 0.4) is 0 Å².